The van der Waals surface area contributed by atoms with Gasteiger partial charge in [0.15, 0.2) is 0 Å². The van der Waals surface area contributed by atoms with Gasteiger partial charge in [0.05, 0.1) is 0 Å². The lowest BCUT2D eigenvalue weighted by atomic mass is 9.84. The van der Waals surface area contributed by atoms with Crippen molar-refractivity contribution in [3.63, 3.8) is 0 Å². The summed E-state index contributed by atoms with van der Waals surface area (Å²) in [7, 11) is 0. The van der Waals surface area contributed by atoms with Crippen molar-refractivity contribution in [2.75, 3.05) is 13.1 Å². The first-order valence-electron chi connectivity index (χ1n) is 10.5. The van der Waals surface area contributed by atoms with Crippen molar-refractivity contribution in [2.24, 2.45) is 0 Å². The van der Waals surface area contributed by atoms with Crippen LogP contribution in [0.25, 0.3) is 0 Å². The molecule has 1 aliphatic heterocycles. The van der Waals surface area contributed by atoms with E-state index in [-0.39, 0.29) is 0 Å². The molecule has 2 nitrogen and oxygen atoms in total. The third-order valence-electron chi connectivity index (χ3n) is 6.23. The maximum atomic E-state index is 4.06. The smallest absolute Gasteiger partial charge is 0.0234 e. The fourth-order valence-electron chi connectivity index (χ4n) is 4.81. The van der Waals surface area contributed by atoms with Gasteiger partial charge in [0.2, 0.25) is 0 Å². The molecular weight excluding hydrogens is 316 g/mol. The molecule has 0 amide bonds. The zero-order valence-corrected chi connectivity index (χ0v) is 15.8. The Kier molecular flexibility index (Phi) is 6.03. The van der Waals surface area contributed by atoms with Crippen LogP contribution in [0.2, 0.25) is 0 Å². The number of nitrogens with zero attached hydrogens (tertiary/aromatic N) is 1. The van der Waals surface area contributed by atoms with Gasteiger partial charge in [-0.1, -0.05) is 79.9 Å². The second kappa shape index (κ2) is 8.83. The predicted molar refractivity (Wildman–Crippen MR) is 109 cm³/mol. The number of hydrogen-bond acceptors (Lipinski definition) is 2. The Morgan fingerprint density at radius 1 is 0.808 bits per heavy atom. The van der Waals surface area contributed by atoms with Crippen molar-refractivity contribution in [1.82, 2.24) is 10.2 Å². The number of piperidine rings is 1. The molecule has 2 aromatic rings. The van der Waals surface area contributed by atoms with Crippen molar-refractivity contribution < 1.29 is 0 Å². The zero-order valence-electron chi connectivity index (χ0n) is 15.8. The summed E-state index contributed by atoms with van der Waals surface area (Å²) in [5.74, 6) is 0.593. The molecule has 2 heteroatoms. The topological polar surface area (TPSA) is 15.3 Å². The quantitative estimate of drug-likeness (QED) is 0.821. The molecular formula is C24H32N2. The lowest BCUT2D eigenvalue weighted by Gasteiger charge is -2.41. The Bertz CT molecular complexity index is 648. The normalized spacial score (nSPS) is 25.2. The molecule has 26 heavy (non-hydrogen) atoms. The first-order valence-corrected chi connectivity index (χ1v) is 10.5. The number of likely N-dealkylation sites (tertiary alicyclic amines) is 1. The summed E-state index contributed by atoms with van der Waals surface area (Å²) in [4.78, 5) is 2.64. The Balaban J connectivity index is 1.46. The van der Waals surface area contributed by atoms with E-state index in [2.05, 4.69) is 70.9 Å². The maximum absolute atomic E-state index is 4.06. The summed E-state index contributed by atoms with van der Waals surface area (Å²) in [5.41, 5.74) is 2.93. The van der Waals surface area contributed by atoms with Gasteiger partial charge in [-0.2, -0.15) is 0 Å². The standard InChI is InChI=1S/C24H32N2/c1-4-10-20(11-5-1)18-26-17-16-24(25-22-14-8-3-9-15-22)23(19-26)21-12-6-2-7-13-21/h1-2,4-7,10-13,22-25H,3,8-9,14-19H2/t23-,24+/m1/s1. The summed E-state index contributed by atoms with van der Waals surface area (Å²) < 4.78 is 0. The molecule has 2 fully saturated rings. The Morgan fingerprint density at radius 3 is 2.23 bits per heavy atom. The van der Waals surface area contributed by atoms with Gasteiger partial charge in [-0.05, 0) is 30.4 Å². The first kappa shape index (κ1) is 17.8. The molecule has 0 bridgehead atoms. The van der Waals surface area contributed by atoms with Gasteiger partial charge in [-0.3, -0.25) is 4.90 Å². The minimum absolute atomic E-state index is 0.593. The molecule has 2 aromatic carbocycles. The molecule has 0 spiro atoms. The van der Waals surface area contributed by atoms with E-state index in [4.69, 9.17) is 0 Å². The van der Waals surface area contributed by atoms with Crippen LogP contribution in [0.4, 0.5) is 0 Å². The molecule has 2 aliphatic rings. The van der Waals surface area contributed by atoms with Crippen molar-refractivity contribution in [3.8, 4) is 0 Å². The van der Waals surface area contributed by atoms with Crippen LogP contribution in [-0.4, -0.2) is 30.1 Å². The van der Waals surface area contributed by atoms with E-state index in [1.54, 1.807) is 0 Å². The van der Waals surface area contributed by atoms with Gasteiger partial charge < -0.3 is 5.32 Å². The van der Waals surface area contributed by atoms with E-state index in [0.29, 0.717) is 12.0 Å². The molecule has 0 unspecified atom stereocenters. The minimum Gasteiger partial charge on any atom is -0.311 e. The number of hydrogen-bond donors (Lipinski definition) is 1. The van der Waals surface area contributed by atoms with E-state index in [1.807, 2.05) is 0 Å². The summed E-state index contributed by atoms with van der Waals surface area (Å²) >= 11 is 0. The minimum atomic E-state index is 0.593. The van der Waals surface area contributed by atoms with Crippen molar-refractivity contribution in [3.05, 3.63) is 71.8 Å². The zero-order chi connectivity index (χ0) is 17.6. The van der Waals surface area contributed by atoms with Crippen molar-refractivity contribution >= 4 is 0 Å². The average molecular weight is 349 g/mol. The highest BCUT2D eigenvalue weighted by atomic mass is 15.2. The van der Waals surface area contributed by atoms with Crippen molar-refractivity contribution in [2.45, 2.75) is 63.1 Å². The molecule has 0 radical (unpaired) electrons. The molecule has 2 atom stereocenters. The highest BCUT2D eigenvalue weighted by molar-refractivity contribution is 5.23. The Hall–Kier alpha value is -1.64. The molecule has 4 rings (SSSR count). The number of rotatable bonds is 5. The molecule has 138 valence electrons. The van der Waals surface area contributed by atoms with Gasteiger partial charge in [0.25, 0.3) is 0 Å². The van der Waals surface area contributed by atoms with Crippen LogP contribution in [-0.2, 0) is 6.54 Å². The highest BCUT2D eigenvalue weighted by Gasteiger charge is 2.31. The van der Waals surface area contributed by atoms with Gasteiger partial charge >= 0.3 is 0 Å². The van der Waals surface area contributed by atoms with Crippen LogP contribution in [0, 0.1) is 0 Å². The summed E-state index contributed by atoms with van der Waals surface area (Å²) in [6, 6.07) is 23.5. The second-order valence-electron chi connectivity index (χ2n) is 8.13. The Labute approximate surface area is 158 Å². The molecule has 1 saturated heterocycles. The largest absolute Gasteiger partial charge is 0.311 e. The molecule has 1 heterocycles. The third-order valence-corrected chi connectivity index (χ3v) is 6.23. The summed E-state index contributed by atoms with van der Waals surface area (Å²) in [6.07, 6.45) is 8.22. The van der Waals surface area contributed by atoms with Gasteiger partial charge in [0.1, 0.15) is 0 Å². The van der Waals surface area contributed by atoms with Crippen molar-refractivity contribution in [1.29, 1.82) is 0 Å². The molecule has 1 aliphatic carbocycles. The van der Waals surface area contributed by atoms with E-state index >= 15 is 0 Å². The lowest BCUT2D eigenvalue weighted by Crippen LogP contribution is -2.51. The summed E-state index contributed by atoms with van der Waals surface area (Å²) in [6.45, 7) is 3.42. The SMILES string of the molecule is c1ccc(CN2CC[C@H](NC3CCCCC3)[C@@H](c3ccccc3)C2)cc1. The third kappa shape index (κ3) is 4.55. The number of nitrogens with one attached hydrogen (secondary N) is 1. The van der Waals surface area contributed by atoms with Crippen LogP contribution in [0.3, 0.4) is 0 Å². The van der Waals surface area contributed by atoms with Crippen LogP contribution < -0.4 is 5.32 Å². The van der Waals surface area contributed by atoms with Crippen LogP contribution in [0.5, 0.6) is 0 Å². The van der Waals surface area contributed by atoms with E-state index in [9.17, 15) is 0 Å². The maximum Gasteiger partial charge on any atom is 0.0234 e. The van der Waals surface area contributed by atoms with E-state index in [0.717, 1.165) is 19.1 Å². The van der Waals surface area contributed by atoms with E-state index in [1.165, 1.54) is 56.2 Å². The van der Waals surface area contributed by atoms with Crippen LogP contribution >= 0.6 is 0 Å². The van der Waals surface area contributed by atoms with Gasteiger partial charge in [-0.15, -0.1) is 0 Å². The molecule has 1 saturated carbocycles. The second-order valence-corrected chi connectivity index (χ2v) is 8.13. The monoisotopic (exact) mass is 348 g/mol. The fourth-order valence-corrected chi connectivity index (χ4v) is 4.81. The van der Waals surface area contributed by atoms with Crippen LogP contribution in [0.15, 0.2) is 60.7 Å². The number of benzene rings is 2. The highest BCUT2D eigenvalue weighted by Crippen LogP contribution is 2.30. The van der Waals surface area contributed by atoms with Crippen LogP contribution in [0.1, 0.15) is 55.6 Å². The Morgan fingerprint density at radius 2 is 1.50 bits per heavy atom. The summed E-state index contributed by atoms with van der Waals surface area (Å²) in [5, 5.41) is 4.06. The molecule has 1 N–H and O–H groups in total. The molecule has 0 aromatic heterocycles. The fraction of sp³-hybridized carbons (Fsp3) is 0.500. The first-order chi connectivity index (χ1) is 12.9. The van der Waals surface area contributed by atoms with Gasteiger partial charge in [-0.25, -0.2) is 0 Å². The van der Waals surface area contributed by atoms with Gasteiger partial charge in [0, 0.05) is 37.6 Å². The van der Waals surface area contributed by atoms with E-state index < -0.39 is 0 Å². The predicted octanol–water partition coefficient (Wildman–Crippen LogP) is 4.97. The average Bonchev–Trinajstić information content (AvgIpc) is 2.71. The lowest BCUT2D eigenvalue weighted by molar-refractivity contribution is 0.155.